The van der Waals surface area contributed by atoms with Crippen molar-refractivity contribution in [3.8, 4) is 5.75 Å². The first-order valence-electron chi connectivity index (χ1n) is 8.90. The van der Waals surface area contributed by atoms with Crippen molar-refractivity contribution in [2.24, 2.45) is 5.92 Å². The Morgan fingerprint density at radius 3 is 2.46 bits per heavy atom. The van der Waals surface area contributed by atoms with Crippen LogP contribution in [0.25, 0.3) is 6.08 Å². The van der Waals surface area contributed by atoms with Gasteiger partial charge in [-0.05, 0) is 31.0 Å². The number of imide groups is 1. The first-order chi connectivity index (χ1) is 13.3. The molecule has 1 heterocycles. The first-order valence-corrected chi connectivity index (χ1v) is 8.90. The SMILES string of the molecule is C/C=C\c1cccc2c1OC(C(C)C)C(=O)N2C(=O)c1ccc([N+](=O)[O-])cc1. The van der Waals surface area contributed by atoms with Crippen molar-refractivity contribution < 1.29 is 19.2 Å². The lowest BCUT2D eigenvalue weighted by molar-refractivity contribution is -0.384. The van der Waals surface area contributed by atoms with Crippen LogP contribution in [0, 0.1) is 16.0 Å². The van der Waals surface area contributed by atoms with Crippen molar-refractivity contribution in [3.05, 3.63) is 69.8 Å². The lowest BCUT2D eigenvalue weighted by Crippen LogP contribution is -2.51. The summed E-state index contributed by atoms with van der Waals surface area (Å²) in [6, 6.07) is 10.4. The number of para-hydroxylation sites is 1. The van der Waals surface area contributed by atoms with Crippen LogP contribution in [0.15, 0.2) is 48.5 Å². The van der Waals surface area contributed by atoms with Crippen LogP contribution in [-0.2, 0) is 4.79 Å². The molecule has 7 nitrogen and oxygen atoms in total. The lowest BCUT2D eigenvalue weighted by Gasteiger charge is -2.35. The highest BCUT2D eigenvalue weighted by Crippen LogP contribution is 2.40. The molecular weight excluding hydrogens is 360 g/mol. The van der Waals surface area contributed by atoms with E-state index in [1.54, 1.807) is 12.1 Å². The van der Waals surface area contributed by atoms with Gasteiger partial charge in [-0.1, -0.05) is 38.1 Å². The third-order valence-corrected chi connectivity index (χ3v) is 4.45. The van der Waals surface area contributed by atoms with E-state index in [4.69, 9.17) is 4.74 Å². The quantitative estimate of drug-likeness (QED) is 0.450. The Hall–Kier alpha value is -3.48. The zero-order chi connectivity index (χ0) is 20.4. The number of nitro groups is 1. The standard InChI is InChI=1S/C21H20N2O5/c1-4-6-14-7-5-8-17-19(14)28-18(13(2)3)21(25)22(17)20(24)15-9-11-16(12-10-15)23(26)27/h4-13,18H,1-3H3/b6-4-. The van der Waals surface area contributed by atoms with Crippen LogP contribution >= 0.6 is 0 Å². The van der Waals surface area contributed by atoms with Crippen LogP contribution in [0.5, 0.6) is 5.75 Å². The molecule has 2 aromatic carbocycles. The van der Waals surface area contributed by atoms with Gasteiger partial charge in [0.1, 0.15) is 0 Å². The molecule has 0 radical (unpaired) electrons. The molecule has 2 amide bonds. The summed E-state index contributed by atoms with van der Waals surface area (Å²) < 4.78 is 5.97. The Labute approximate surface area is 162 Å². The third kappa shape index (κ3) is 3.38. The van der Waals surface area contributed by atoms with Crippen molar-refractivity contribution >= 4 is 29.3 Å². The van der Waals surface area contributed by atoms with Gasteiger partial charge in [0.2, 0.25) is 0 Å². The molecule has 0 saturated carbocycles. The molecule has 1 atom stereocenters. The maximum absolute atomic E-state index is 13.2. The van der Waals surface area contributed by atoms with Gasteiger partial charge in [-0.2, -0.15) is 0 Å². The fraction of sp³-hybridized carbons (Fsp3) is 0.238. The van der Waals surface area contributed by atoms with E-state index in [0.717, 1.165) is 10.5 Å². The average Bonchev–Trinajstić information content (AvgIpc) is 2.67. The second kappa shape index (κ2) is 7.64. The van der Waals surface area contributed by atoms with E-state index in [1.165, 1.54) is 24.3 Å². The zero-order valence-corrected chi connectivity index (χ0v) is 15.8. The Balaban J connectivity index is 2.10. The highest BCUT2D eigenvalue weighted by atomic mass is 16.6. The molecular formula is C21H20N2O5. The number of hydrogen-bond donors (Lipinski definition) is 0. The largest absolute Gasteiger partial charge is 0.477 e. The van der Waals surface area contributed by atoms with Gasteiger partial charge in [0, 0.05) is 23.3 Å². The van der Waals surface area contributed by atoms with Gasteiger partial charge in [-0.3, -0.25) is 19.7 Å². The molecule has 3 rings (SSSR count). The minimum atomic E-state index is -0.805. The normalized spacial score (nSPS) is 16.2. The molecule has 1 aliphatic rings. The van der Waals surface area contributed by atoms with Crippen molar-refractivity contribution in [2.75, 3.05) is 4.90 Å². The molecule has 144 valence electrons. The minimum Gasteiger partial charge on any atom is -0.477 e. The molecule has 0 spiro atoms. The molecule has 0 aromatic heterocycles. The number of nitrogens with zero attached hydrogens (tertiary/aromatic N) is 2. The van der Waals surface area contributed by atoms with E-state index >= 15 is 0 Å². The Morgan fingerprint density at radius 2 is 1.89 bits per heavy atom. The van der Waals surface area contributed by atoms with Crippen LogP contribution < -0.4 is 9.64 Å². The highest BCUT2D eigenvalue weighted by molar-refractivity contribution is 6.24. The molecule has 28 heavy (non-hydrogen) atoms. The third-order valence-electron chi connectivity index (χ3n) is 4.45. The number of non-ortho nitro benzene ring substituents is 1. The summed E-state index contributed by atoms with van der Waals surface area (Å²) in [4.78, 5) is 37.6. The Kier molecular flexibility index (Phi) is 5.26. The van der Waals surface area contributed by atoms with Crippen LogP contribution in [0.4, 0.5) is 11.4 Å². The summed E-state index contributed by atoms with van der Waals surface area (Å²) in [6.07, 6.45) is 2.89. The maximum Gasteiger partial charge on any atom is 0.275 e. The number of nitro benzene ring substituents is 1. The van der Waals surface area contributed by atoms with Gasteiger partial charge in [0.05, 0.1) is 10.6 Å². The van der Waals surface area contributed by atoms with Crippen molar-refractivity contribution in [2.45, 2.75) is 26.9 Å². The maximum atomic E-state index is 13.2. The summed E-state index contributed by atoms with van der Waals surface area (Å²) in [5.74, 6) is -0.683. The molecule has 1 unspecified atom stereocenters. The number of allylic oxidation sites excluding steroid dienone is 1. The fourth-order valence-corrected chi connectivity index (χ4v) is 3.07. The number of carbonyl (C=O) groups excluding carboxylic acids is 2. The summed E-state index contributed by atoms with van der Waals surface area (Å²) in [7, 11) is 0. The number of fused-ring (bicyclic) bond motifs is 1. The predicted molar refractivity (Wildman–Crippen MR) is 105 cm³/mol. The lowest BCUT2D eigenvalue weighted by atomic mass is 10.0. The number of amides is 2. The number of anilines is 1. The van der Waals surface area contributed by atoms with Crippen molar-refractivity contribution in [3.63, 3.8) is 0 Å². The van der Waals surface area contributed by atoms with E-state index in [-0.39, 0.29) is 17.2 Å². The number of benzene rings is 2. The van der Waals surface area contributed by atoms with Gasteiger partial charge in [-0.15, -0.1) is 0 Å². The van der Waals surface area contributed by atoms with Crippen LogP contribution in [0.3, 0.4) is 0 Å². The molecule has 0 N–H and O–H groups in total. The number of ether oxygens (including phenoxy) is 1. The molecule has 0 saturated heterocycles. The fourth-order valence-electron chi connectivity index (χ4n) is 3.07. The summed E-state index contributed by atoms with van der Waals surface area (Å²) >= 11 is 0. The van der Waals surface area contributed by atoms with E-state index in [1.807, 2.05) is 39.0 Å². The van der Waals surface area contributed by atoms with Gasteiger partial charge < -0.3 is 4.74 Å². The van der Waals surface area contributed by atoms with Crippen LogP contribution in [0.2, 0.25) is 0 Å². The zero-order valence-electron chi connectivity index (χ0n) is 15.8. The minimum absolute atomic E-state index is 0.124. The van der Waals surface area contributed by atoms with Gasteiger partial charge >= 0.3 is 0 Å². The second-order valence-corrected chi connectivity index (χ2v) is 6.76. The summed E-state index contributed by atoms with van der Waals surface area (Å²) in [6.45, 7) is 5.56. The van der Waals surface area contributed by atoms with Crippen LogP contribution in [0.1, 0.15) is 36.7 Å². The Morgan fingerprint density at radius 1 is 1.21 bits per heavy atom. The molecule has 0 bridgehead atoms. The van der Waals surface area contributed by atoms with E-state index < -0.39 is 22.8 Å². The average molecular weight is 380 g/mol. The van der Waals surface area contributed by atoms with Crippen molar-refractivity contribution in [1.29, 1.82) is 0 Å². The second-order valence-electron chi connectivity index (χ2n) is 6.76. The van der Waals surface area contributed by atoms with E-state index in [9.17, 15) is 19.7 Å². The summed E-state index contributed by atoms with van der Waals surface area (Å²) in [5, 5.41) is 10.8. The Bertz CT molecular complexity index is 963. The smallest absolute Gasteiger partial charge is 0.275 e. The molecule has 0 aliphatic carbocycles. The number of hydrogen-bond acceptors (Lipinski definition) is 5. The molecule has 0 fully saturated rings. The van der Waals surface area contributed by atoms with Gasteiger partial charge in [0.25, 0.3) is 17.5 Å². The molecule has 7 heteroatoms. The molecule has 1 aliphatic heterocycles. The van der Waals surface area contributed by atoms with E-state index in [2.05, 4.69) is 0 Å². The number of carbonyl (C=O) groups is 2. The monoisotopic (exact) mass is 380 g/mol. The first kappa shape index (κ1) is 19.3. The van der Waals surface area contributed by atoms with Gasteiger partial charge in [0.15, 0.2) is 11.9 Å². The van der Waals surface area contributed by atoms with Gasteiger partial charge in [-0.25, -0.2) is 4.90 Å². The van der Waals surface area contributed by atoms with E-state index in [0.29, 0.717) is 11.4 Å². The highest BCUT2D eigenvalue weighted by Gasteiger charge is 2.40. The van der Waals surface area contributed by atoms with Crippen LogP contribution in [-0.4, -0.2) is 22.8 Å². The topological polar surface area (TPSA) is 89.8 Å². The summed E-state index contributed by atoms with van der Waals surface area (Å²) in [5.41, 5.74) is 1.19. The van der Waals surface area contributed by atoms with Crippen molar-refractivity contribution in [1.82, 2.24) is 0 Å². The number of rotatable bonds is 4. The molecule has 2 aromatic rings. The predicted octanol–water partition coefficient (Wildman–Crippen LogP) is 4.22.